The fraction of sp³-hybridized carbons (Fsp3) is 0.350. The summed E-state index contributed by atoms with van der Waals surface area (Å²) in [7, 11) is 0. The van der Waals surface area contributed by atoms with Gasteiger partial charge in [-0.3, -0.25) is 4.99 Å². The van der Waals surface area contributed by atoms with Gasteiger partial charge >= 0.3 is 0 Å². The van der Waals surface area contributed by atoms with Crippen molar-refractivity contribution in [2.45, 2.75) is 19.3 Å². The maximum atomic E-state index is 13.7. The van der Waals surface area contributed by atoms with Crippen LogP contribution in [0.1, 0.15) is 24.0 Å². The van der Waals surface area contributed by atoms with Gasteiger partial charge in [-0.25, -0.2) is 8.78 Å². The zero-order valence-electron chi connectivity index (χ0n) is 14.9. The Morgan fingerprint density at radius 1 is 1.08 bits per heavy atom. The number of nitrogens with one attached hydrogen (secondary N) is 2. The van der Waals surface area contributed by atoms with Crippen LogP contribution in [0.15, 0.2) is 53.5 Å². The van der Waals surface area contributed by atoms with Crippen molar-refractivity contribution >= 4 is 5.96 Å². The van der Waals surface area contributed by atoms with Crippen molar-refractivity contribution in [1.29, 1.82) is 0 Å². The molecule has 0 aromatic heterocycles. The van der Waals surface area contributed by atoms with Crippen molar-refractivity contribution in [2.75, 3.05) is 26.2 Å². The van der Waals surface area contributed by atoms with Crippen LogP contribution in [0.25, 0.3) is 0 Å². The molecule has 0 aliphatic rings. The lowest BCUT2D eigenvalue weighted by atomic mass is 10.0. The van der Waals surface area contributed by atoms with Crippen LogP contribution < -0.4 is 10.6 Å². The first-order valence-corrected chi connectivity index (χ1v) is 8.76. The lowest BCUT2D eigenvalue weighted by Crippen LogP contribution is -2.38. The molecule has 0 amide bonds. The molecule has 0 saturated heterocycles. The molecule has 0 aliphatic heterocycles. The van der Waals surface area contributed by atoms with Crippen LogP contribution >= 0.6 is 0 Å². The third-order valence-electron chi connectivity index (χ3n) is 4.02. The number of hydrogen-bond acceptors (Lipinski definition) is 2. The number of halogens is 2. The standard InChI is InChI=1S/C20H25F2N3O/c1-2-23-20(24-12-11-16-9-6-10-18(21)19(16)22)25-13-17(14-26)15-7-4-3-5-8-15/h3-10,17,26H,2,11-14H2,1H3,(H2,23,24,25). The number of aliphatic hydroxyl groups excluding tert-OH is 1. The lowest BCUT2D eigenvalue weighted by molar-refractivity contribution is 0.268. The van der Waals surface area contributed by atoms with Crippen molar-refractivity contribution in [3.63, 3.8) is 0 Å². The number of hydrogen-bond donors (Lipinski definition) is 3. The summed E-state index contributed by atoms with van der Waals surface area (Å²) in [6.07, 6.45) is 0.343. The van der Waals surface area contributed by atoms with Gasteiger partial charge in [0, 0.05) is 19.0 Å². The van der Waals surface area contributed by atoms with E-state index in [0.29, 0.717) is 37.6 Å². The van der Waals surface area contributed by atoms with Crippen LogP contribution in [0, 0.1) is 11.6 Å². The predicted molar refractivity (Wildman–Crippen MR) is 100 cm³/mol. The van der Waals surface area contributed by atoms with E-state index in [-0.39, 0.29) is 12.5 Å². The summed E-state index contributed by atoms with van der Waals surface area (Å²) in [5.41, 5.74) is 1.35. The monoisotopic (exact) mass is 361 g/mol. The molecule has 1 atom stereocenters. The predicted octanol–water partition coefficient (Wildman–Crippen LogP) is 2.84. The highest BCUT2D eigenvalue weighted by molar-refractivity contribution is 5.79. The smallest absolute Gasteiger partial charge is 0.191 e. The van der Waals surface area contributed by atoms with Crippen LogP contribution in [0.4, 0.5) is 8.78 Å². The van der Waals surface area contributed by atoms with Gasteiger partial charge in [0.25, 0.3) is 0 Å². The average Bonchev–Trinajstić information content (AvgIpc) is 2.66. The summed E-state index contributed by atoms with van der Waals surface area (Å²) in [6, 6.07) is 13.9. The number of rotatable bonds is 8. The molecule has 0 spiro atoms. The third-order valence-corrected chi connectivity index (χ3v) is 4.02. The minimum Gasteiger partial charge on any atom is -0.396 e. The molecule has 0 saturated carbocycles. The number of aliphatic hydroxyl groups is 1. The number of nitrogens with zero attached hydrogens (tertiary/aromatic N) is 1. The largest absolute Gasteiger partial charge is 0.396 e. The Morgan fingerprint density at radius 2 is 1.85 bits per heavy atom. The molecule has 2 aromatic rings. The lowest BCUT2D eigenvalue weighted by Gasteiger charge is -2.15. The topological polar surface area (TPSA) is 56.7 Å². The summed E-state index contributed by atoms with van der Waals surface area (Å²) in [4.78, 5) is 4.50. The van der Waals surface area contributed by atoms with Gasteiger partial charge < -0.3 is 15.7 Å². The van der Waals surface area contributed by atoms with Gasteiger partial charge in [0.2, 0.25) is 0 Å². The van der Waals surface area contributed by atoms with E-state index in [2.05, 4.69) is 15.6 Å². The van der Waals surface area contributed by atoms with Crippen molar-refractivity contribution in [3.8, 4) is 0 Å². The molecule has 0 bridgehead atoms. The molecule has 2 aromatic carbocycles. The molecule has 2 rings (SSSR count). The average molecular weight is 361 g/mol. The van der Waals surface area contributed by atoms with Crippen molar-refractivity contribution < 1.29 is 13.9 Å². The Hall–Kier alpha value is -2.47. The van der Waals surface area contributed by atoms with Gasteiger partial charge in [-0.15, -0.1) is 0 Å². The van der Waals surface area contributed by atoms with E-state index in [9.17, 15) is 13.9 Å². The minimum absolute atomic E-state index is 0.00141. The highest BCUT2D eigenvalue weighted by Gasteiger charge is 2.10. The fourth-order valence-electron chi connectivity index (χ4n) is 2.59. The molecule has 4 nitrogen and oxygen atoms in total. The SMILES string of the molecule is CCNC(=NCC(CO)c1ccccc1)NCCc1cccc(F)c1F. The second-order valence-electron chi connectivity index (χ2n) is 5.90. The molecule has 0 aliphatic carbocycles. The number of benzene rings is 2. The highest BCUT2D eigenvalue weighted by atomic mass is 19.2. The van der Waals surface area contributed by atoms with E-state index in [1.54, 1.807) is 6.07 Å². The molecule has 1 unspecified atom stereocenters. The first kappa shape index (κ1) is 19.8. The second-order valence-corrected chi connectivity index (χ2v) is 5.90. The van der Waals surface area contributed by atoms with E-state index >= 15 is 0 Å². The van der Waals surface area contributed by atoms with Gasteiger partial charge in [-0.2, -0.15) is 0 Å². The van der Waals surface area contributed by atoms with Gasteiger partial charge in [0.15, 0.2) is 17.6 Å². The zero-order chi connectivity index (χ0) is 18.8. The molecule has 26 heavy (non-hydrogen) atoms. The van der Waals surface area contributed by atoms with Crippen molar-refractivity contribution in [1.82, 2.24) is 10.6 Å². The van der Waals surface area contributed by atoms with E-state index in [4.69, 9.17) is 0 Å². The number of aliphatic imine (C=N–C) groups is 1. The Morgan fingerprint density at radius 3 is 2.54 bits per heavy atom. The summed E-state index contributed by atoms with van der Waals surface area (Å²) in [6.45, 7) is 3.46. The van der Waals surface area contributed by atoms with E-state index in [1.807, 2.05) is 37.3 Å². The van der Waals surface area contributed by atoms with Gasteiger partial charge in [-0.1, -0.05) is 42.5 Å². The van der Waals surface area contributed by atoms with Crippen LogP contribution in [-0.2, 0) is 6.42 Å². The normalized spacial score (nSPS) is 12.7. The van der Waals surface area contributed by atoms with Crippen molar-refractivity contribution in [3.05, 3.63) is 71.3 Å². The molecule has 6 heteroatoms. The molecular formula is C20H25F2N3O. The molecule has 0 heterocycles. The van der Waals surface area contributed by atoms with Crippen molar-refractivity contribution in [2.24, 2.45) is 4.99 Å². The molecular weight excluding hydrogens is 336 g/mol. The summed E-state index contributed by atoms with van der Waals surface area (Å²) >= 11 is 0. The summed E-state index contributed by atoms with van der Waals surface area (Å²) in [5, 5.41) is 15.8. The third kappa shape index (κ3) is 5.81. The molecule has 3 N–H and O–H groups in total. The maximum absolute atomic E-state index is 13.7. The Kier molecular flexibility index (Phi) is 8.02. The second kappa shape index (κ2) is 10.5. The number of guanidine groups is 1. The fourth-order valence-corrected chi connectivity index (χ4v) is 2.59. The first-order chi connectivity index (χ1) is 12.7. The Labute approximate surface area is 153 Å². The van der Waals surface area contributed by atoms with Gasteiger partial charge in [0.05, 0.1) is 13.2 Å². The molecule has 0 radical (unpaired) electrons. The van der Waals surface area contributed by atoms with E-state index in [1.165, 1.54) is 6.07 Å². The zero-order valence-corrected chi connectivity index (χ0v) is 14.9. The Balaban J connectivity index is 1.94. The van der Waals surface area contributed by atoms with E-state index in [0.717, 1.165) is 11.6 Å². The summed E-state index contributed by atoms with van der Waals surface area (Å²) in [5.74, 6) is -1.15. The summed E-state index contributed by atoms with van der Waals surface area (Å²) < 4.78 is 26.9. The van der Waals surface area contributed by atoms with Gasteiger partial charge in [0.1, 0.15) is 0 Å². The van der Waals surface area contributed by atoms with Crippen LogP contribution in [0.5, 0.6) is 0 Å². The van der Waals surface area contributed by atoms with Crippen LogP contribution in [0.3, 0.4) is 0 Å². The Bertz CT molecular complexity index is 707. The van der Waals surface area contributed by atoms with Gasteiger partial charge in [-0.05, 0) is 30.5 Å². The molecule has 0 fully saturated rings. The van der Waals surface area contributed by atoms with Crippen LogP contribution in [-0.4, -0.2) is 37.3 Å². The minimum atomic E-state index is -0.836. The highest BCUT2D eigenvalue weighted by Crippen LogP contribution is 2.15. The quantitative estimate of drug-likeness (QED) is 0.501. The molecule has 140 valence electrons. The van der Waals surface area contributed by atoms with E-state index < -0.39 is 11.6 Å². The maximum Gasteiger partial charge on any atom is 0.191 e. The van der Waals surface area contributed by atoms with Crippen LogP contribution in [0.2, 0.25) is 0 Å². The first-order valence-electron chi connectivity index (χ1n) is 8.76.